The lowest BCUT2D eigenvalue weighted by atomic mass is 10.1. The van der Waals surface area contributed by atoms with Crippen molar-refractivity contribution < 1.29 is 0 Å². The zero-order chi connectivity index (χ0) is 19.5. The minimum absolute atomic E-state index is 0.355. The van der Waals surface area contributed by atoms with Gasteiger partial charge in [0.25, 0.3) is 5.56 Å². The molecule has 0 radical (unpaired) electrons. The van der Waals surface area contributed by atoms with Gasteiger partial charge in [-0.05, 0) is 31.2 Å². The summed E-state index contributed by atoms with van der Waals surface area (Å²) in [5.74, 6) is 0.816. The topological polar surface area (TPSA) is 75.9 Å². The minimum Gasteiger partial charge on any atom is -0.342 e. The highest BCUT2D eigenvalue weighted by Crippen LogP contribution is 2.23. The van der Waals surface area contributed by atoms with Crippen LogP contribution >= 0.6 is 0 Å². The lowest BCUT2D eigenvalue weighted by Crippen LogP contribution is -2.30. The van der Waals surface area contributed by atoms with Gasteiger partial charge in [-0.15, -0.1) is 0 Å². The van der Waals surface area contributed by atoms with Crippen LogP contribution in [-0.2, 0) is 20.0 Å². The van der Waals surface area contributed by atoms with Crippen molar-refractivity contribution in [2.24, 2.45) is 7.05 Å². The number of nitrogens with zero attached hydrogens (tertiary/aromatic N) is 4. The van der Waals surface area contributed by atoms with Gasteiger partial charge in [0.2, 0.25) is 5.95 Å². The summed E-state index contributed by atoms with van der Waals surface area (Å²) >= 11 is 0. The maximum atomic E-state index is 12.6. The van der Waals surface area contributed by atoms with Crippen molar-refractivity contribution in [1.29, 1.82) is 0 Å². The Morgan fingerprint density at radius 3 is 2.46 bits per heavy atom. The predicted octanol–water partition coefficient (Wildman–Crippen LogP) is 2.44. The maximum absolute atomic E-state index is 12.6. The van der Waals surface area contributed by atoms with Crippen LogP contribution in [0.2, 0.25) is 0 Å². The molecule has 1 aliphatic rings. The van der Waals surface area contributed by atoms with Crippen molar-refractivity contribution in [2.75, 3.05) is 18.0 Å². The van der Waals surface area contributed by atoms with E-state index < -0.39 is 5.69 Å². The quantitative estimate of drug-likeness (QED) is 0.736. The first kappa shape index (κ1) is 18.5. The molecule has 0 saturated carbocycles. The van der Waals surface area contributed by atoms with Gasteiger partial charge in [-0.1, -0.05) is 43.2 Å². The van der Waals surface area contributed by atoms with E-state index in [2.05, 4.69) is 22.0 Å². The highest BCUT2D eigenvalue weighted by atomic mass is 16.2. The molecule has 0 aliphatic carbocycles. The van der Waals surface area contributed by atoms with Crippen molar-refractivity contribution in [1.82, 2.24) is 19.1 Å². The van der Waals surface area contributed by atoms with Gasteiger partial charge in [0.1, 0.15) is 0 Å². The summed E-state index contributed by atoms with van der Waals surface area (Å²) in [7, 11) is 1.66. The Morgan fingerprint density at radius 1 is 1.04 bits per heavy atom. The van der Waals surface area contributed by atoms with E-state index in [0.29, 0.717) is 17.7 Å². The van der Waals surface area contributed by atoms with Gasteiger partial charge >= 0.3 is 5.69 Å². The van der Waals surface area contributed by atoms with Crippen LogP contribution in [0.15, 0.2) is 39.9 Å². The van der Waals surface area contributed by atoms with E-state index in [1.165, 1.54) is 23.0 Å². The summed E-state index contributed by atoms with van der Waals surface area (Å²) in [4.78, 5) is 34.1. The molecule has 3 aromatic rings. The summed E-state index contributed by atoms with van der Waals surface area (Å²) in [5, 5.41) is 0. The molecule has 148 valence electrons. The van der Waals surface area contributed by atoms with Crippen LogP contribution < -0.4 is 16.1 Å². The van der Waals surface area contributed by atoms with E-state index in [9.17, 15) is 9.59 Å². The third-order valence-corrected chi connectivity index (χ3v) is 5.57. The van der Waals surface area contributed by atoms with E-state index in [0.717, 1.165) is 44.7 Å². The minimum atomic E-state index is -0.422. The van der Waals surface area contributed by atoms with E-state index in [-0.39, 0.29) is 5.56 Å². The van der Waals surface area contributed by atoms with Crippen LogP contribution in [0.4, 0.5) is 5.95 Å². The molecule has 0 amide bonds. The molecule has 4 rings (SSSR count). The largest absolute Gasteiger partial charge is 0.342 e. The van der Waals surface area contributed by atoms with Crippen LogP contribution in [0.25, 0.3) is 11.2 Å². The monoisotopic (exact) mass is 381 g/mol. The molecule has 0 bridgehead atoms. The van der Waals surface area contributed by atoms with Crippen molar-refractivity contribution >= 4 is 17.1 Å². The van der Waals surface area contributed by atoms with Crippen LogP contribution in [0.3, 0.4) is 0 Å². The number of fused-ring (bicyclic) bond motifs is 1. The summed E-state index contributed by atoms with van der Waals surface area (Å²) in [6.07, 6.45) is 6.54. The van der Waals surface area contributed by atoms with Gasteiger partial charge in [0, 0.05) is 26.7 Å². The number of rotatable bonds is 5. The second-order valence-electron chi connectivity index (χ2n) is 7.54. The van der Waals surface area contributed by atoms with Gasteiger partial charge < -0.3 is 9.47 Å². The van der Waals surface area contributed by atoms with Crippen molar-refractivity contribution in [3.8, 4) is 0 Å². The number of hydrogen-bond donors (Lipinski definition) is 1. The number of aromatic amines is 1. The van der Waals surface area contributed by atoms with Gasteiger partial charge in [-0.3, -0.25) is 14.3 Å². The average Bonchev–Trinajstić information content (AvgIpc) is 2.88. The number of H-pyrrole nitrogens is 1. The second-order valence-corrected chi connectivity index (χ2v) is 7.54. The number of imidazole rings is 1. The zero-order valence-electron chi connectivity index (χ0n) is 16.4. The normalized spacial score (nSPS) is 15.1. The molecule has 1 aromatic carbocycles. The summed E-state index contributed by atoms with van der Waals surface area (Å²) in [6, 6.07) is 10.4. The van der Waals surface area contributed by atoms with Crippen LogP contribution in [0.1, 0.15) is 37.7 Å². The second kappa shape index (κ2) is 8.04. The average molecular weight is 381 g/mol. The van der Waals surface area contributed by atoms with Gasteiger partial charge in [0.15, 0.2) is 11.2 Å². The molecule has 0 unspecified atom stereocenters. The molecular weight excluding hydrogens is 354 g/mol. The van der Waals surface area contributed by atoms with Crippen molar-refractivity contribution in [3.05, 3.63) is 56.7 Å². The molecule has 2 aromatic heterocycles. The first-order chi connectivity index (χ1) is 13.6. The van der Waals surface area contributed by atoms with E-state index in [1.807, 2.05) is 22.8 Å². The van der Waals surface area contributed by atoms with Gasteiger partial charge in [-0.2, -0.15) is 4.98 Å². The first-order valence-electron chi connectivity index (χ1n) is 10.1. The molecule has 0 atom stereocenters. The predicted molar refractivity (Wildman–Crippen MR) is 111 cm³/mol. The fourth-order valence-corrected chi connectivity index (χ4v) is 4.03. The Labute approximate surface area is 163 Å². The van der Waals surface area contributed by atoms with E-state index in [4.69, 9.17) is 4.98 Å². The Balaban J connectivity index is 1.72. The number of hydrogen-bond acceptors (Lipinski definition) is 4. The number of anilines is 1. The highest BCUT2D eigenvalue weighted by Gasteiger charge is 2.22. The number of aromatic nitrogens is 4. The molecule has 1 N–H and O–H groups in total. The standard InChI is InChI=1S/C21H27N5O2/c1-24-18-17(19(27)23-21(24)28)26(15-9-12-16-10-5-4-6-11-16)20(22-18)25-13-7-2-3-8-14-25/h4-6,10-11H,2-3,7-9,12-15H2,1H3,(H,23,27,28). The van der Waals surface area contributed by atoms with Crippen LogP contribution in [0, 0.1) is 0 Å². The summed E-state index contributed by atoms with van der Waals surface area (Å²) in [6.45, 7) is 2.57. The van der Waals surface area contributed by atoms with Gasteiger partial charge in [0.05, 0.1) is 0 Å². The summed E-state index contributed by atoms with van der Waals surface area (Å²) in [5.41, 5.74) is 1.46. The molecular formula is C21H27N5O2. The lowest BCUT2D eigenvalue weighted by Gasteiger charge is -2.22. The van der Waals surface area contributed by atoms with E-state index >= 15 is 0 Å². The summed E-state index contributed by atoms with van der Waals surface area (Å²) < 4.78 is 3.45. The van der Waals surface area contributed by atoms with Crippen LogP contribution in [0.5, 0.6) is 0 Å². The third kappa shape index (κ3) is 3.61. The Kier molecular flexibility index (Phi) is 5.32. The van der Waals surface area contributed by atoms with E-state index in [1.54, 1.807) is 7.05 Å². The molecule has 7 heteroatoms. The third-order valence-electron chi connectivity index (χ3n) is 5.57. The van der Waals surface area contributed by atoms with Crippen LogP contribution in [-0.4, -0.2) is 32.2 Å². The first-order valence-corrected chi connectivity index (χ1v) is 10.1. The Bertz CT molecular complexity index is 1060. The number of aryl methyl sites for hydroxylation is 3. The number of benzene rings is 1. The molecule has 1 aliphatic heterocycles. The zero-order valence-corrected chi connectivity index (χ0v) is 16.4. The Hall–Kier alpha value is -2.83. The lowest BCUT2D eigenvalue weighted by molar-refractivity contribution is 0.633. The highest BCUT2D eigenvalue weighted by molar-refractivity contribution is 5.74. The smallest absolute Gasteiger partial charge is 0.329 e. The fourth-order valence-electron chi connectivity index (χ4n) is 4.03. The van der Waals surface area contributed by atoms with Crippen molar-refractivity contribution in [3.63, 3.8) is 0 Å². The molecule has 28 heavy (non-hydrogen) atoms. The molecule has 0 spiro atoms. The SMILES string of the molecule is Cn1c(=O)[nH]c(=O)c2c1nc(N1CCCCCC1)n2CCCc1ccccc1. The molecule has 1 saturated heterocycles. The maximum Gasteiger partial charge on any atom is 0.329 e. The van der Waals surface area contributed by atoms with Gasteiger partial charge in [-0.25, -0.2) is 4.79 Å². The molecule has 1 fully saturated rings. The Morgan fingerprint density at radius 2 is 1.75 bits per heavy atom. The number of nitrogens with one attached hydrogen (secondary N) is 1. The van der Waals surface area contributed by atoms with Crippen molar-refractivity contribution in [2.45, 2.75) is 45.1 Å². The fraction of sp³-hybridized carbons (Fsp3) is 0.476. The molecule has 3 heterocycles. The molecule has 7 nitrogen and oxygen atoms in total.